The fraction of sp³-hybridized carbons (Fsp3) is 0.267. The Morgan fingerprint density at radius 2 is 1.84 bits per heavy atom. The molecule has 1 aliphatic carbocycles. The number of nitrogens with zero attached hydrogens (tertiary/aromatic N) is 2. The summed E-state index contributed by atoms with van der Waals surface area (Å²) in [5, 5.41) is 9.92. The molecular weight excluding hydrogens is 379 g/mol. The van der Waals surface area contributed by atoms with E-state index < -0.39 is 11.7 Å². The quantitative estimate of drug-likeness (QED) is 0.867. The summed E-state index contributed by atoms with van der Waals surface area (Å²) in [4.78, 5) is 12.7. The van der Waals surface area contributed by atoms with Gasteiger partial charge in [0.25, 0.3) is 0 Å². The van der Waals surface area contributed by atoms with E-state index in [1.807, 2.05) is 0 Å². The molecule has 10 heteroatoms. The Bertz CT molecular complexity index is 890. The first-order chi connectivity index (χ1) is 11.8. The summed E-state index contributed by atoms with van der Waals surface area (Å²) in [6, 6.07) is 5.69. The summed E-state index contributed by atoms with van der Waals surface area (Å²) >= 11 is 11.7. The van der Waals surface area contributed by atoms with Gasteiger partial charge in [-0.05, 0) is 30.5 Å². The van der Waals surface area contributed by atoms with E-state index in [1.54, 1.807) is 6.07 Å². The minimum atomic E-state index is -3.70. The Morgan fingerprint density at radius 1 is 1.12 bits per heavy atom. The van der Waals surface area contributed by atoms with Gasteiger partial charge in [0.1, 0.15) is 0 Å². The molecule has 1 saturated carbocycles. The second kappa shape index (κ2) is 5.40. The SMILES string of the molecule is O=C(Nc1cc(Cl)nnc1Cl)C1(c2ccc3c(c2)OC(F)(F)O3)CC1. The van der Waals surface area contributed by atoms with Crippen molar-refractivity contribution in [3.05, 3.63) is 40.1 Å². The summed E-state index contributed by atoms with van der Waals surface area (Å²) in [5.74, 6) is -0.518. The molecule has 1 aliphatic heterocycles. The number of hydrogen-bond donors (Lipinski definition) is 1. The normalized spacial score (nSPS) is 18.7. The van der Waals surface area contributed by atoms with E-state index in [0.717, 1.165) is 0 Å². The summed E-state index contributed by atoms with van der Waals surface area (Å²) in [6.07, 6.45) is -2.59. The largest absolute Gasteiger partial charge is 0.586 e. The number of anilines is 1. The van der Waals surface area contributed by atoms with E-state index in [1.165, 1.54) is 18.2 Å². The third-order valence-electron chi connectivity index (χ3n) is 4.11. The number of fused-ring (bicyclic) bond motifs is 1. The van der Waals surface area contributed by atoms with E-state index in [-0.39, 0.29) is 33.4 Å². The predicted octanol–water partition coefficient (Wildman–Crippen LogP) is 3.78. The number of carbonyl (C=O) groups excluding carboxylic acids is 1. The number of benzene rings is 1. The second-order valence-electron chi connectivity index (χ2n) is 5.74. The van der Waals surface area contributed by atoms with Crippen LogP contribution >= 0.6 is 23.2 Å². The van der Waals surface area contributed by atoms with Crippen molar-refractivity contribution in [2.75, 3.05) is 5.32 Å². The molecule has 0 unspecified atom stereocenters. The van der Waals surface area contributed by atoms with E-state index in [0.29, 0.717) is 18.4 Å². The molecule has 1 N–H and O–H groups in total. The number of carbonyl (C=O) groups is 1. The van der Waals surface area contributed by atoms with Crippen LogP contribution < -0.4 is 14.8 Å². The molecule has 1 amide bonds. The number of alkyl halides is 2. The average Bonchev–Trinajstić information content (AvgIpc) is 3.28. The molecule has 0 saturated heterocycles. The number of halogens is 4. The van der Waals surface area contributed by atoms with Gasteiger partial charge >= 0.3 is 6.29 Å². The minimum Gasteiger partial charge on any atom is -0.395 e. The second-order valence-corrected chi connectivity index (χ2v) is 6.48. The van der Waals surface area contributed by atoms with Gasteiger partial charge in [-0.15, -0.1) is 19.0 Å². The van der Waals surface area contributed by atoms with Crippen LogP contribution in [0.3, 0.4) is 0 Å². The fourth-order valence-electron chi connectivity index (χ4n) is 2.70. The van der Waals surface area contributed by atoms with Gasteiger partial charge < -0.3 is 14.8 Å². The number of aromatic nitrogens is 2. The third-order valence-corrected chi connectivity index (χ3v) is 4.57. The highest BCUT2D eigenvalue weighted by Crippen LogP contribution is 2.52. The Labute approximate surface area is 150 Å². The van der Waals surface area contributed by atoms with Crippen LogP contribution in [0, 0.1) is 0 Å². The van der Waals surface area contributed by atoms with Crippen LogP contribution in [0.15, 0.2) is 24.3 Å². The standard InChI is InChI=1S/C15H9Cl2F2N3O3/c16-11-6-8(12(17)22-21-11)20-13(23)14(3-4-14)7-1-2-9-10(5-7)25-15(18,19)24-9/h1-2,5-6H,3-4H2,(H,20,21,23). The van der Waals surface area contributed by atoms with Crippen LogP contribution in [0.4, 0.5) is 14.5 Å². The van der Waals surface area contributed by atoms with Gasteiger partial charge in [-0.3, -0.25) is 4.79 Å². The molecule has 25 heavy (non-hydrogen) atoms. The van der Waals surface area contributed by atoms with Crippen LogP contribution in [-0.4, -0.2) is 22.4 Å². The smallest absolute Gasteiger partial charge is 0.395 e. The molecule has 4 rings (SSSR count). The highest BCUT2D eigenvalue weighted by Gasteiger charge is 2.53. The van der Waals surface area contributed by atoms with Crippen molar-refractivity contribution in [3.8, 4) is 11.5 Å². The third kappa shape index (κ3) is 2.85. The maximum Gasteiger partial charge on any atom is 0.586 e. The molecule has 0 spiro atoms. The molecule has 130 valence electrons. The molecule has 2 aromatic rings. The molecule has 1 aromatic carbocycles. The molecular formula is C15H9Cl2F2N3O3. The fourth-order valence-corrected chi connectivity index (χ4v) is 2.99. The van der Waals surface area contributed by atoms with Crippen LogP contribution in [0.1, 0.15) is 18.4 Å². The molecule has 0 radical (unpaired) electrons. The minimum absolute atomic E-state index is 0.00104. The van der Waals surface area contributed by atoms with Crippen LogP contribution in [0.25, 0.3) is 0 Å². The highest BCUT2D eigenvalue weighted by molar-refractivity contribution is 6.34. The van der Waals surface area contributed by atoms with Gasteiger partial charge in [-0.2, -0.15) is 0 Å². The number of nitrogens with one attached hydrogen (secondary N) is 1. The van der Waals surface area contributed by atoms with Gasteiger partial charge in [0, 0.05) is 6.07 Å². The van der Waals surface area contributed by atoms with Crippen molar-refractivity contribution in [1.82, 2.24) is 10.2 Å². The number of hydrogen-bond acceptors (Lipinski definition) is 5. The summed E-state index contributed by atoms with van der Waals surface area (Å²) in [6.45, 7) is 0. The van der Waals surface area contributed by atoms with E-state index in [2.05, 4.69) is 25.0 Å². The van der Waals surface area contributed by atoms with Crippen LogP contribution in [0.5, 0.6) is 11.5 Å². The van der Waals surface area contributed by atoms with E-state index >= 15 is 0 Å². The summed E-state index contributed by atoms with van der Waals surface area (Å²) in [5.41, 5.74) is -0.0745. The lowest BCUT2D eigenvalue weighted by Gasteiger charge is -2.16. The van der Waals surface area contributed by atoms with Crippen molar-refractivity contribution in [1.29, 1.82) is 0 Å². The van der Waals surface area contributed by atoms with Gasteiger partial charge in [-0.25, -0.2) is 0 Å². The maximum atomic E-state index is 13.1. The van der Waals surface area contributed by atoms with Crippen molar-refractivity contribution in [3.63, 3.8) is 0 Å². The molecule has 2 aliphatic rings. The van der Waals surface area contributed by atoms with E-state index in [4.69, 9.17) is 23.2 Å². The van der Waals surface area contributed by atoms with E-state index in [9.17, 15) is 13.6 Å². The zero-order valence-corrected chi connectivity index (χ0v) is 13.9. The lowest BCUT2D eigenvalue weighted by Crippen LogP contribution is -2.28. The highest BCUT2D eigenvalue weighted by atomic mass is 35.5. The Balaban J connectivity index is 1.61. The molecule has 2 heterocycles. The van der Waals surface area contributed by atoms with Gasteiger partial charge in [0.15, 0.2) is 21.8 Å². The number of amides is 1. The lowest BCUT2D eigenvalue weighted by atomic mass is 9.94. The van der Waals surface area contributed by atoms with Gasteiger partial charge in [0.2, 0.25) is 5.91 Å². The van der Waals surface area contributed by atoms with Crippen molar-refractivity contribution in [2.45, 2.75) is 24.6 Å². The summed E-state index contributed by atoms with van der Waals surface area (Å²) in [7, 11) is 0. The number of rotatable bonds is 3. The Hall–Kier alpha value is -2.19. The first kappa shape index (κ1) is 16.3. The molecule has 1 aromatic heterocycles. The van der Waals surface area contributed by atoms with Crippen LogP contribution in [0.2, 0.25) is 10.3 Å². The van der Waals surface area contributed by atoms with Gasteiger partial charge in [0.05, 0.1) is 11.1 Å². The molecule has 1 fully saturated rings. The van der Waals surface area contributed by atoms with Crippen molar-refractivity contribution in [2.24, 2.45) is 0 Å². The van der Waals surface area contributed by atoms with Crippen LogP contribution in [-0.2, 0) is 10.2 Å². The molecule has 0 bridgehead atoms. The zero-order valence-electron chi connectivity index (χ0n) is 12.4. The van der Waals surface area contributed by atoms with Crippen molar-refractivity contribution >= 4 is 34.8 Å². The topological polar surface area (TPSA) is 73.3 Å². The first-order valence-corrected chi connectivity index (χ1v) is 7.95. The average molecular weight is 388 g/mol. The Morgan fingerprint density at radius 3 is 2.56 bits per heavy atom. The number of ether oxygens (including phenoxy) is 2. The lowest BCUT2D eigenvalue weighted by molar-refractivity contribution is -0.286. The molecule has 6 nitrogen and oxygen atoms in total. The predicted molar refractivity (Wildman–Crippen MR) is 84.2 cm³/mol. The monoisotopic (exact) mass is 387 g/mol. The van der Waals surface area contributed by atoms with Gasteiger partial charge in [-0.1, -0.05) is 29.3 Å². The zero-order chi connectivity index (χ0) is 17.8. The van der Waals surface area contributed by atoms with Crippen molar-refractivity contribution < 1.29 is 23.0 Å². The maximum absolute atomic E-state index is 13.1. The first-order valence-electron chi connectivity index (χ1n) is 7.20. The molecule has 0 atom stereocenters. The summed E-state index contributed by atoms with van der Waals surface area (Å²) < 4.78 is 35.1. The Kier molecular flexibility index (Phi) is 3.52.